The molecule has 0 aliphatic carbocycles. The second-order valence-corrected chi connectivity index (χ2v) is 9.05. The van der Waals surface area contributed by atoms with E-state index in [0.29, 0.717) is 23.8 Å². The Morgan fingerprint density at radius 1 is 1.34 bits per heavy atom. The Morgan fingerprint density at radius 2 is 2.12 bits per heavy atom. The monoisotopic (exact) mass is 449 g/mol. The van der Waals surface area contributed by atoms with Crippen LogP contribution < -0.4 is 0 Å². The predicted molar refractivity (Wildman–Crippen MR) is 126 cm³/mol. The van der Waals surface area contributed by atoms with Crippen LogP contribution in [0.25, 0.3) is 5.70 Å². The van der Waals surface area contributed by atoms with Crippen LogP contribution in [-0.4, -0.2) is 38.2 Å². The molecule has 1 fully saturated rings. The van der Waals surface area contributed by atoms with E-state index in [1.54, 1.807) is 18.3 Å². The molecule has 0 bridgehead atoms. The van der Waals surface area contributed by atoms with Crippen LogP contribution in [0.3, 0.4) is 0 Å². The third-order valence-corrected chi connectivity index (χ3v) is 6.61. The maximum atomic E-state index is 13.1. The molecular weight excluding hydrogens is 422 g/mol. The molecule has 8 heteroatoms. The molecule has 0 radical (unpaired) electrons. The van der Waals surface area contributed by atoms with Gasteiger partial charge < -0.3 is 9.32 Å². The van der Waals surface area contributed by atoms with Crippen molar-refractivity contribution in [2.24, 2.45) is 4.99 Å². The van der Waals surface area contributed by atoms with Gasteiger partial charge in [0.1, 0.15) is 16.4 Å². The van der Waals surface area contributed by atoms with Gasteiger partial charge in [-0.2, -0.15) is 0 Å². The molecule has 0 N–H and O–H groups in total. The van der Waals surface area contributed by atoms with Gasteiger partial charge in [-0.25, -0.2) is 9.98 Å². The highest BCUT2D eigenvalue weighted by Crippen LogP contribution is 2.34. The Balaban J connectivity index is 1.43. The Hall–Kier alpha value is -3.13. The number of aliphatic imine (C=N–C) groups is 1. The number of nitrogens with zero attached hydrogens (tertiary/aromatic N) is 5. The number of likely N-dealkylation sites (tertiary alicyclic amines) is 1. The van der Waals surface area contributed by atoms with Crippen LogP contribution in [-0.2, 0) is 11.2 Å². The molecule has 166 valence electrons. The topological polar surface area (TPSA) is 84.5 Å². The van der Waals surface area contributed by atoms with Gasteiger partial charge in [-0.05, 0) is 38.7 Å². The molecule has 1 aliphatic rings. The van der Waals surface area contributed by atoms with Crippen molar-refractivity contribution in [3.8, 4) is 0 Å². The molecule has 2 atom stereocenters. The van der Waals surface area contributed by atoms with Gasteiger partial charge in [0, 0.05) is 23.5 Å². The van der Waals surface area contributed by atoms with Gasteiger partial charge in [0.15, 0.2) is 0 Å². The standard InChI is InChI=1S/C24H27N5O2S/c1-15(13-19-9-6-5-7-10-19)21-27-28-22(31-21)17(3)26-18(4)24(30)29-12-8-11-20(29)23-25-16(2)14-32-23/h5-7,9-10,14-15,20H,3,8,11-13H2,1-2,4H3. The number of hydrogen-bond donors (Lipinski definition) is 0. The van der Waals surface area contributed by atoms with Crippen LogP contribution in [0.4, 0.5) is 0 Å². The SMILES string of the molecule is C=C(N=C(C)C(=O)N1CCCC1c1nc(C)cs1)c1nnc(C(C)Cc2ccccc2)o1. The molecule has 1 amide bonds. The molecule has 7 nitrogen and oxygen atoms in total. The fourth-order valence-electron chi connectivity index (χ4n) is 3.90. The average Bonchev–Trinajstić information content (AvgIpc) is 3.54. The fourth-order valence-corrected chi connectivity index (χ4v) is 4.85. The number of rotatable bonds is 7. The van der Waals surface area contributed by atoms with Gasteiger partial charge in [0.25, 0.3) is 11.8 Å². The summed E-state index contributed by atoms with van der Waals surface area (Å²) in [6.45, 7) is 10.4. The summed E-state index contributed by atoms with van der Waals surface area (Å²) < 4.78 is 5.82. The predicted octanol–water partition coefficient (Wildman–Crippen LogP) is 4.98. The molecular formula is C24H27N5O2S. The molecule has 1 aromatic carbocycles. The number of thiazole rings is 1. The van der Waals surface area contributed by atoms with Gasteiger partial charge in [0.05, 0.1) is 6.04 Å². The first-order valence-electron chi connectivity index (χ1n) is 10.8. The summed E-state index contributed by atoms with van der Waals surface area (Å²) in [5.41, 5.74) is 2.83. The molecule has 32 heavy (non-hydrogen) atoms. The summed E-state index contributed by atoms with van der Waals surface area (Å²) >= 11 is 1.60. The van der Waals surface area contributed by atoms with Crippen LogP contribution >= 0.6 is 11.3 Å². The van der Waals surface area contributed by atoms with E-state index < -0.39 is 0 Å². The minimum atomic E-state index is -0.112. The number of aromatic nitrogens is 3. The maximum absolute atomic E-state index is 13.1. The second kappa shape index (κ2) is 9.56. The van der Waals surface area contributed by atoms with Crippen LogP contribution in [0.15, 0.2) is 51.7 Å². The zero-order chi connectivity index (χ0) is 22.7. The lowest BCUT2D eigenvalue weighted by atomic mass is 10.0. The molecule has 3 heterocycles. The average molecular weight is 450 g/mol. The van der Waals surface area contributed by atoms with Gasteiger partial charge in [-0.3, -0.25) is 4.79 Å². The summed E-state index contributed by atoms with van der Waals surface area (Å²) in [4.78, 5) is 23.9. The Morgan fingerprint density at radius 3 is 2.84 bits per heavy atom. The second-order valence-electron chi connectivity index (χ2n) is 8.16. The van der Waals surface area contributed by atoms with Crippen molar-refractivity contribution in [3.05, 3.63) is 70.3 Å². The molecule has 2 aromatic heterocycles. The van der Waals surface area contributed by atoms with Crippen molar-refractivity contribution in [1.82, 2.24) is 20.1 Å². The van der Waals surface area contributed by atoms with E-state index in [-0.39, 0.29) is 23.8 Å². The smallest absolute Gasteiger partial charge is 0.268 e. The van der Waals surface area contributed by atoms with Crippen LogP contribution in [0, 0.1) is 6.92 Å². The van der Waals surface area contributed by atoms with E-state index in [0.717, 1.165) is 30.0 Å². The van der Waals surface area contributed by atoms with Crippen LogP contribution in [0.5, 0.6) is 0 Å². The van der Waals surface area contributed by atoms with Crippen LogP contribution in [0.1, 0.15) is 66.7 Å². The number of benzene rings is 1. The molecule has 1 saturated heterocycles. The van der Waals surface area contributed by atoms with Crippen molar-refractivity contribution >= 4 is 28.7 Å². The van der Waals surface area contributed by atoms with Crippen LogP contribution in [0.2, 0.25) is 0 Å². The van der Waals surface area contributed by atoms with E-state index in [9.17, 15) is 4.79 Å². The number of carbonyl (C=O) groups is 1. The van der Waals surface area contributed by atoms with Crippen molar-refractivity contribution in [2.45, 2.75) is 52.0 Å². The zero-order valence-electron chi connectivity index (χ0n) is 18.6. The number of aryl methyl sites for hydroxylation is 1. The van der Waals surface area contributed by atoms with E-state index in [2.05, 4.69) is 38.9 Å². The third-order valence-electron chi connectivity index (χ3n) is 5.54. The highest BCUT2D eigenvalue weighted by Gasteiger charge is 2.33. The quantitative estimate of drug-likeness (QED) is 0.475. The van der Waals surface area contributed by atoms with E-state index >= 15 is 0 Å². The molecule has 0 saturated carbocycles. The summed E-state index contributed by atoms with van der Waals surface area (Å²) in [5, 5.41) is 11.3. The van der Waals surface area contributed by atoms with E-state index in [4.69, 9.17) is 4.42 Å². The minimum absolute atomic E-state index is 0.00783. The molecule has 4 rings (SSSR count). The Bertz CT molecular complexity index is 1130. The Labute approximate surface area is 191 Å². The van der Waals surface area contributed by atoms with Crippen molar-refractivity contribution < 1.29 is 9.21 Å². The van der Waals surface area contributed by atoms with Gasteiger partial charge in [-0.1, -0.05) is 43.8 Å². The Kier molecular flexibility index (Phi) is 6.60. The summed E-state index contributed by atoms with van der Waals surface area (Å²) in [7, 11) is 0. The summed E-state index contributed by atoms with van der Waals surface area (Å²) in [6, 6.07) is 10.2. The number of amides is 1. The lowest BCUT2D eigenvalue weighted by molar-refractivity contribution is -0.125. The molecule has 1 aliphatic heterocycles. The van der Waals surface area contributed by atoms with Crippen molar-refractivity contribution in [3.63, 3.8) is 0 Å². The first kappa shape index (κ1) is 22.1. The zero-order valence-corrected chi connectivity index (χ0v) is 19.4. The lowest BCUT2D eigenvalue weighted by Gasteiger charge is -2.23. The summed E-state index contributed by atoms with van der Waals surface area (Å²) in [6.07, 6.45) is 2.66. The van der Waals surface area contributed by atoms with Crippen molar-refractivity contribution in [1.29, 1.82) is 0 Å². The highest BCUT2D eigenvalue weighted by atomic mass is 32.1. The normalized spacial score (nSPS) is 17.5. The highest BCUT2D eigenvalue weighted by molar-refractivity contribution is 7.09. The minimum Gasteiger partial charge on any atom is -0.419 e. The molecule has 0 spiro atoms. The lowest BCUT2D eigenvalue weighted by Crippen LogP contribution is -2.35. The number of hydrogen-bond acceptors (Lipinski definition) is 7. The van der Waals surface area contributed by atoms with Crippen molar-refractivity contribution in [2.75, 3.05) is 6.54 Å². The first-order valence-corrected chi connectivity index (χ1v) is 11.6. The number of carbonyl (C=O) groups excluding carboxylic acids is 1. The molecule has 3 aromatic rings. The third kappa shape index (κ3) is 4.85. The largest absolute Gasteiger partial charge is 0.419 e. The fraction of sp³-hybridized carbons (Fsp3) is 0.375. The van der Waals surface area contributed by atoms with E-state index in [1.807, 2.05) is 42.3 Å². The van der Waals surface area contributed by atoms with E-state index in [1.165, 1.54) is 5.56 Å². The first-order chi connectivity index (χ1) is 15.4. The maximum Gasteiger partial charge on any atom is 0.268 e. The molecule has 2 unspecified atom stereocenters. The van der Waals surface area contributed by atoms with Gasteiger partial charge in [0.2, 0.25) is 5.89 Å². The van der Waals surface area contributed by atoms with Gasteiger partial charge in [-0.15, -0.1) is 21.5 Å². The van der Waals surface area contributed by atoms with Gasteiger partial charge >= 0.3 is 0 Å². The summed E-state index contributed by atoms with van der Waals surface area (Å²) in [5.74, 6) is 0.715.